The normalized spacial score (nSPS) is 17.6. The largest absolute Gasteiger partial charge is 0.494 e. The van der Waals surface area contributed by atoms with Gasteiger partial charge in [0.2, 0.25) is 5.91 Å². The van der Waals surface area contributed by atoms with Crippen molar-refractivity contribution in [2.75, 3.05) is 7.11 Å². The van der Waals surface area contributed by atoms with Gasteiger partial charge in [-0.1, -0.05) is 25.3 Å². The van der Waals surface area contributed by atoms with Gasteiger partial charge in [-0.25, -0.2) is 4.39 Å². The second kappa shape index (κ2) is 6.73. The summed E-state index contributed by atoms with van der Waals surface area (Å²) in [4.78, 5) is 12.2. The molecule has 2 rings (SSSR count). The van der Waals surface area contributed by atoms with Crippen LogP contribution in [0.1, 0.15) is 50.6 Å². The van der Waals surface area contributed by atoms with Crippen LogP contribution in [-0.4, -0.2) is 13.0 Å². The molecule has 0 heterocycles. The molecule has 1 N–H and O–H groups in total. The molecule has 0 radical (unpaired) electrons. The van der Waals surface area contributed by atoms with Crippen LogP contribution in [0.2, 0.25) is 0 Å². The highest BCUT2D eigenvalue weighted by Crippen LogP contribution is 2.26. The van der Waals surface area contributed by atoms with E-state index in [9.17, 15) is 9.18 Å². The molecule has 0 aromatic heterocycles. The predicted molar refractivity (Wildman–Crippen MR) is 76.1 cm³/mol. The van der Waals surface area contributed by atoms with E-state index in [1.807, 2.05) is 6.92 Å². The lowest BCUT2D eigenvalue weighted by molar-refractivity contribution is -0.126. The average Bonchev–Trinajstić information content (AvgIpc) is 2.48. The summed E-state index contributed by atoms with van der Waals surface area (Å²) in [5.41, 5.74) is 0.757. The quantitative estimate of drug-likeness (QED) is 0.914. The van der Waals surface area contributed by atoms with Crippen molar-refractivity contribution in [3.05, 3.63) is 29.6 Å². The summed E-state index contributed by atoms with van der Waals surface area (Å²) in [6, 6.07) is 4.61. The summed E-state index contributed by atoms with van der Waals surface area (Å²) in [7, 11) is 1.44. The van der Waals surface area contributed by atoms with Crippen LogP contribution in [0, 0.1) is 11.7 Å². The van der Waals surface area contributed by atoms with E-state index in [4.69, 9.17) is 4.74 Å². The van der Waals surface area contributed by atoms with Crippen molar-refractivity contribution >= 4 is 5.91 Å². The van der Waals surface area contributed by atoms with Crippen LogP contribution < -0.4 is 10.1 Å². The molecular weight excluding hydrogens is 257 g/mol. The first-order valence-electron chi connectivity index (χ1n) is 7.25. The second-order valence-corrected chi connectivity index (χ2v) is 5.46. The van der Waals surface area contributed by atoms with Crippen LogP contribution in [0.15, 0.2) is 18.2 Å². The highest BCUT2D eigenvalue weighted by molar-refractivity contribution is 5.79. The lowest BCUT2D eigenvalue weighted by Crippen LogP contribution is -2.33. The van der Waals surface area contributed by atoms with E-state index in [-0.39, 0.29) is 23.6 Å². The molecule has 1 amide bonds. The summed E-state index contributed by atoms with van der Waals surface area (Å²) in [5, 5.41) is 2.98. The Kier molecular flexibility index (Phi) is 4.99. The molecule has 1 fully saturated rings. The molecule has 1 aliphatic rings. The number of hydrogen-bond acceptors (Lipinski definition) is 2. The minimum absolute atomic E-state index is 0.0911. The second-order valence-electron chi connectivity index (χ2n) is 5.46. The Morgan fingerprint density at radius 2 is 2.05 bits per heavy atom. The van der Waals surface area contributed by atoms with Gasteiger partial charge in [-0.05, 0) is 37.5 Å². The third-order valence-corrected chi connectivity index (χ3v) is 4.01. The third kappa shape index (κ3) is 3.50. The Balaban J connectivity index is 1.98. The number of halogens is 1. The topological polar surface area (TPSA) is 38.3 Å². The van der Waals surface area contributed by atoms with Crippen LogP contribution in [0.5, 0.6) is 5.75 Å². The molecule has 1 aromatic carbocycles. The molecule has 1 aromatic rings. The zero-order valence-electron chi connectivity index (χ0n) is 12.1. The number of carbonyl (C=O) groups excluding carboxylic acids is 1. The molecule has 20 heavy (non-hydrogen) atoms. The van der Waals surface area contributed by atoms with Crippen LogP contribution in [-0.2, 0) is 4.79 Å². The number of methoxy groups -OCH3 is 1. The van der Waals surface area contributed by atoms with Crippen molar-refractivity contribution in [3.8, 4) is 5.75 Å². The molecule has 0 saturated heterocycles. The van der Waals surface area contributed by atoms with Gasteiger partial charge < -0.3 is 10.1 Å². The van der Waals surface area contributed by atoms with Gasteiger partial charge in [-0.3, -0.25) is 4.79 Å². The molecular formula is C16H22FNO2. The number of amides is 1. The van der Waals surface area contributed by atoms with E-state index in [1.54, 1.807) is 12.1 Å². The SMILES string of the molecule is COc1ccc(C(C)NC(=O)C2CCCCC2)cc1F. The molecule has 0 spiro atoms. The zero-order chi connectivity index (χ0) is 14.5. The molecule has 1 atom stereocenters. The van der Waals surface area contributed by atoms with Crippen molar-refractivity contribution in [1.29, 1.82) is 0 Å². The highest BCUT2D eigenvalue weighted by atomic mass is 19.1. The molecule has 0 aliphatic heterocycles. The number of ether oxygens (including phenoxy) is 1. The van der Waals surface area contributed by atoms with Gasteiger partial charge in [0.25, 0.3) is 0 Å². The van der Waals surface area contributed by atoms with E-state index in [1.165, 1.54) is 19.6 Å². The number of hydrogen-bond donors (Lipinski definition) is 1. The minimum Gasteiger partial charge on any atom is -0.494 e. The van der Waals surface area contributed by atoms with E-state index < -0.39 is 5.82 Å². The van der Waals surface area contributed by atoms with Gasteiger partial charge in [-0.2, -0.15) is 0 Å². The van der Waals surface area contributed by atoms with Crippen LogP contribution in [0.25, 0.3) is 0 Å². The molecule has 0 bridgehead atoms. The van der Waals surface area contributed by atoms with Crippen LogP contribution in [0.4, 0.5) is 4.39 Å². The standard InChI is InChI=1S/C16H22FNO2/c1-11(13-8-9-15(20-2)14(17)10-13)18-16(19)12-6-4-3-5-7-12/h8-12H,3-7H2,1-2H3,(H,18,19). The fourth-order valence-corrected chi connectivity index (χ4v) is 2.73. The van der Waals surface area contributed by atoms with Crippen molar-refractivity contribution < 1.29 is 13.9 Å². The maximum Gasteiger partial charge on any atom is 0.223 e. The minimum atomic E-state index is -0.399. The van der Waals surface area contributed by atoms with Gasteiger partial charge in [-0.15, -0.1) is 0 Å². The van der Waals surface area contributed by atoms with E-state index in [0.29, 0.717) is 0 Å². The summed E-state index contributed by atoms with van der Waals surface area (Å²) in [6.07, 6.45) is 5.42. The average molecular weight is 279 g/mol. The fourth-order valence-electron chi connectivity index (χ4n) is 2.73. The number of carbonyl (C=O) groups is 1. The first-order chi connectivity index (χ1) is 9.61. The number of rotatable bonds is 4. The Bertz CT molecular complexity index is 470. The van der Waals surface area contributed by atoms with Crippen molar-refractivity contribution in [2.45, 2.75) is 45.1 Å². The molecule has 1 saturated carbocycles. The van der Waals surface area contributed by atoms with Gasteiger partial charge in [0.1, 0.15) is 0 Å². The highest BCUT2D eigenvalue weighted by Gasteiger charge is 2.22. The van der Waals surface area contributed by atoms with E-state index >= 15 is 0 Å². The van der Waals surface area contributed by atoms with Gasteiger partial charge in [0, 0.05) is 5.92 Å². The smallest absolute Gasteiger partial charge is 0.223 e. The monoisotopic (exact) mass is 279 g/mol. The van der Waals surface area contributed by atoms with Crippen molar-refractivity contribution in [1.82, 2.24) is 5.32 Å². The molecule has 110 valence electrons. The molecule has 3 nitrogen and oxygen atoms in total. The van der Waals surface area contributed by atoms with E-state index in [0.717, 1.165) is 31.2 Å². The number of benzene rings is 1. The summed E-state index contributed by atoms with van der Waals surface area (Å²) >= 11 is 0. The molecule has 4 heteroatoms. The number of nitrogens with one attached hydrogen (secondary N) is 1. The van der Waals surface area contributed by atoms with Crippen molar-refractivity contribution in [3.63, 3.8) is 0 Å². The Hall–Kier alpha value is -1.58. The first-order valence-corrected chi connectivity index (χ1v) is 7.25. The summed E-state index contributed by atoms with van der Waals surface area (Å²) in [5.74, 6) is 0.0334. The zero-order valence-corrected chi connectivity index (χ0v) is 12.1. The first kappa shape index (κ1) is 14.8. The maximum atomic E-state index is 13.7. The lowest BCUT2D eigenvalue weighted by atomic mass is 9.88. The van der Waals surface area contributed by atoms with E-state index in [2.05, 4.69) is 5.32 Å². The summed E-state index contributed by atoms with van der Waals surface area (Å²) in [6.45, 7) is 1.88. The molecule has 1 unspecified atom stereocenters. The van der Waals surface area contributed by atoms with Crippen LogP contribution >= 0.6 is 0 Å². The van der Waals surface area contributed by atoms with Crippen molar-refractivity contribution in [2.24, 2.45) is 5.92 Å². The molecule has 1 aliphatic carbocycles. The third-order valence-electron chi connectivity index (χ3n) is 4.01. The van der Waals surface area contributed by atoms with Gasteiger partial charge in [0.15, 0.2) is 11.6 Å². The Morgan fingerprint density at radius 1 is 1.35 bits per heavy atom. The summed E-state index contributed by atoms with van der Waals surface area (Å²) < 4.78 is 18.6. The maximum absolute atomic E-state index is 13.7. The fraction of sp³-hybridized carbons (Fsp3) is 0.562. The lowest BCUT2D eigenvalue weighted by Gasteiger charge is -2.23. The van der Waals surface area contributed by atoms with Gasteiger partial charge in [0.05, 0.1) is 13.2 Å². The van der Waals surface area contributed by atoms with Gasteiger partial charge >= 0.3 is 0 Å². The van der Waals surface area contributed by atoms with Crippen LogP contribution in [0.3, 0.4) is 0 Å². The predicted octanol–water partition coefficient (Wildman–Crippen LogP) is 3.59. The Morgan fingerprint density at radius 3 is 2.65 bits per heavy atom. The Labute approximate surface area is 119 Å².